The van der Waals surface area contributed by atoms with Gasteiger partial charge in [-0.25, -0.2) is 0 Å². The van der Waals surface area contributed by atoms with Gasteiger partial charge in [-0.05, 0) is 51.9 Å². The van der Waals surface area contributed by atoms with Crippen LogP contribution in [0.15, 0.2) is 116 Å². The average Bonchev–Trinajstić information content (AvgIpc) is 3.58. The minimum atomic E-state index is 0.893. The Morgan fingerprint density at radius 1 is 0.556 bits per heavy atom. The number of rotatable bonds is 2. The van der Waals surface area contributed by atoms with E-state index in [1.807, 2.05) is 11.3 Å². The predicted octanol–water partition coefficient (Wildman–Crippen LogP) is 8.74. The highest BCUT2D eigenvalue weighted by molar-refractivity contribution is 7.26. The highest BCUT2D eigenvalue weighted by Crippen LogP contribution is 2.40. The van der Waals surface area contributed by atoms with Gasteiger partial charge in [-0.3, -0.25) is 4.40 Å². The summed E-state index contributed by atoms with van der Waals surface area (Å²) in [6.45, 7) is 0. The minimum absolute atomic E-state index is 0.893. The molecule has 0 unspecified atom stereocenters. The summed E-state index contributed by atoms with van der Waals surface area (Å²) in [5.74, 6) is 0. The summed E-state index contributed by atoms with van der Waals surface area (Å²) < 4.78 is 4.76. The molecule has 36 heavy (non-hydrogen) atoms. The van der Waals surface area contributed by atoms with E-state index in [0.717, 1.165) is 16.6 Å². The second kappa shape index (κ2) is 7.48. The molecule has 0 saturated carbocycles. The first kappa shape index (κ1) is 19.7. The van der Waals surface area contributed by atoms with Gasteiger partial charge in [0.25, 0.3) is 0 Å². The van der Waals surface area contributed by atoms with E-state index >= 15 is 0 Å². The number of hydrogen-bond acceptors (Lipinski definition) is 3. The van der Waals surface area contributed by atoms with Crippen molar-refractivity contribution >= 4 is 58.8 Å². The summed E-state index contributed by atoms with van der Waals surface area (Å²) >= 11 is 1.88. The Hall–Kier alpha value is -4.54. The van der Waals surface area contributed by atoms with Crippen LogP contribution in [0, 0.1) is 0 Å². The molecule has 0 amide bonds. The fourth-order valence-electron chi connectivity index (χ4n) is 5.49. The number of aromatic nitrogens is 3. The number of nitrogens with zero attached hydrogens (tertiary/aromatic N) is 3. The average molecular weight is 478 g/mol. The predicted molar refractivity (Wildman–Crippen MR) is 152 cm³/mol. The van der Waals surface area contributed by atoms with Crippen molar-refractivity contribution < 1.29 is 0 Å². The molecule has 0 bridgehead atoms. The Balaban J connectivity index is 1.34. The molecule has 3 nitrogen and oxygen atoms in total. The lowest BCUT2D eigenvalue weighted by molar-refractivity contribution is 1.11. The van der Waals surface area contributed by atoms with Crippen molar-refractivity contribution in [2.75, 3.05) is 0 Å². The van der Waals surface area contributed by atoms with Crippen LogP contribution in [0.2, 0.25) is 0 Å². The van der Waals surface area contributed by atoms with Gasteiger partial charge in [-0.15, -0.1) is 21.5 Å². The van der Waals surface area contributed by atoms with Gasteiger partial charge >= 0.3 is 0 Å². The van der Waals surface area contributed by atoms with Crippen molar-refractivity contribution in [1.82, 2.24) is 14.6 Å². The lowest BCUT2D eigenvalue weighted by atomic mass is 9.96. The molecule has 0 aliphatic rings. The molecule has 0 N–H and O–H groups in total. The Labute approximate surface area is 210 Å². The summed E-state index contributed by atoms with van der Waals surface area (Å²) in [7, 11) is 0. The molecule has 0 saturated heterocycles. The topological polar surface area (TPSA) is 30.2 Å². The maximum Gasteiger partial charge on any atom is 0.168 e. The summed E-state index contributed by atoms with van der Waals surface area (Å²) in [5, 5.41) is 14.7. The van der Waals surface area contributed by atoms with Crippen molar-refractivity contribution in [2.24, 2.45) is 0 Å². The van der Waals surface area contributed by atoms with Gasteiger partial charge < -0.3 is 0 Å². The van der Waals surface area contributed by atoms with E-state index in [0.29, 0.717) is 0 Å². The van der Waals surface area contributed by atoms with Crippen LogP contribution in [0.3, 0.4) is 0 Å². The molecular formula is C32H19N3S. The van der Waals surface area contributed by atoms with E-state index in [2.05, 4.69) is 124 Å². The van der Waals surface area contributed by atoms with Crippen LogP contribution >= 0.6 is 11.3 Å². The van der Waals surface area contributed by atoms with E-state index in [1.165, 1.54) is 53.2 Å². The number of fused-ring (bicyclic) bond motifs is 9. The molecule has 0 aliphatic heterocycles. The van der Waals surface area contributed by atoms with Gasteiger partial charge in [-0.2, -0.15) is 0 Å². The van der Waals surface area contributed by atoms with Crippen LogP contribution in [0.4, 0.5) is 0 Å². The van der Waals surface area contributed by atoms with Gasteiger partial charge in [0.15, 0.2) is 5.65 Å². The van der Waals surface area contributed by atoms with Crippen LogP contribution in [-0.2, 0) is 0 Å². The maximum atomic E-state index is 4.38. The highest BCUT2D eigenvalue weighted by Gasteiger charge is 2.13. The standard InChI is InChI=1S/C32H19N3S/c1-2-11-27-24(9-1)28-18-21(15-16-29(28)35-19-33-34-32(27)35)20-7-5-8-22(17-20)23-12-6-13-26-25-10-3-4-14-30(25)36-31(23)26/h1-19H. The summed E-state index contributed by atoms with van der Waals surface area (Å²) in [6.07, 6.45) is 1.80. The molecule has 3 heterocycles. The van der Waals surface area contributed by atoms with Gasteiger partial charge in [0.05, 0.1) is 5.52 Å². The second-order valence-corrected chi connectivity index (χ2v) is 10.2. The monoisotopic (exact) mass is 477 g/mol. The fraction of sp³-hybridized carbons (Fsp3) is 0. The Kier molecular flexibility index (Phi) is 4.10. The Morgan fingerprint density at radius 3 is 2.25 bits per heavy atom. The normalized spacial score (nSPS) is 11.9. The smallest absolute Gasteiger partial charge is 0.168 e. The molecule has 0 atom stereocenters. The second-order valence-electron chi connectivity index (χ2n) is 9.16. The number of benzene rings is 5. The van der Waals surface area contributed by atoms with Crippen molar-refractivity contribution in [2.45, 2.75) is 0 Å². The molecule has 8 aromatic rings. The third kappa shape index (κ3) is 2.79. The molecule has 168 valence electrons. The fourth-order valence-corrected chi connectivity index (χ4v) is 6.73. The van der Waals surface area contributed by atoms with Crippen molar-refractivity contribution in [3.05, 3.63) is 116 Å². The van der Waals surface area contributed by atoms with Crippen LogP contribution in [0.5, 0.6) is 0 Å². The largest absolute Gasteiger partial charge is 0.281 e. The third-order valence-corrected chi connectivity index (χ3v) is 8.39. The van der Waals surface area contributed by atoms with Gasteiger partial charge in [0.1, 0.15) is 6.33 Å². The van der Waals surface area contributed by atoms with Crippen LogP contribution in [0.25, 0.3) is 69.7 Å². The van der Waals surface area contributed by atoms with E-state index in [4.69, 9.17) is 0 Å². The molecule has 3 aromatic heterocycles. The summed E-state index contributed by atoms with van der Waals surface area (Å²) in [5.41, 5.74) is 6.94. The Bertz CT molecular complexity index is 2120. The van der Waals surface area contributed by atoms with E-state index in [1.54, 1.807) is 6.33 Å². The molecule has 5 aromatic carbocycles. The lowest BCUT2D eigenvalue weighted by Crippen LogP contribution is -1.91. The molecule has 0 radical (unpaired) electrons. The van der Waals surface area contributed by atoms with Crippen molar-refractivity contribution in [3.8, 4) is 22.3 Å². The number of thiophene rings is 1. The van der Waals surface area contributed by atoms with Crippen LogP contribution in [0.1, 0.15) is 0 Å². The van der Waals surface area contributed by atoms with Crippen molar-refractivity contribution in [1.29, 1.82) is 0 Å². The Morgan fingerprint density at radius 2 is 1.31 bits per heavy atom. The summed E-state index contributed by atoms with van der Waals surface area (Å²) in [6, 6.07) is 39.4. The van der Waals surface area contributed by atoms with E-state index in [-0.39, 0.29) is 0 Å². The number of hydrogen-bond donors (Lipinski definition) is 0. The minimum Gasteiger partial charge on any atom is -0.281 e. The van der Waals surface area contributed by atoms with Crippen molar-refractivity contribution in [3.63, 3.8) is 0 Å². The zero-order valence-corrected chi connectivity index (χ0v) is 20.0. The highest BCUT2D eigenvalue weighted by atomic mass is 32.1. The van der Waals surface area contributed by atoms with E-state index in [9.17, 15) is 0 Å². The third-order valence-electron chi connectivity index (χ3n) is 7.17. The molecule has 0 spiro atoms. The molecule has 4 heteroatoms. The SMILES string of the molecule is c1cc(-c2ccc3c(c2)c2ccccc2c2nncn32)cc(-c2cccc3c2sc2ccccc23)c1. The molecule has 0 aliphatic carbocycles. The molecule has 8 rings (SSSR count). The first-order valence-corrected chi connectivity index (χ1v) is 12.8. The molecular weight excluding hydrogens is 458 g/mol. The lowest BCUT2D eigenvalue weighted by Gasteiger charge is -2.11. The van der Waals surface area contributed by atoms with Gasteiger partial charge in [0.2, 0.25) is 0 Å². The number of pyridine rings is 1. The molecule has 0 fully saturated rings. The van der Waals surface area contributed by atoms with E-state index < -0.39 is 0 Å². The van der Waals surface area contributed by atoms with Crippen LogP contribution in [-0.4, -0.2) is 14.6 Å². The first-order valence-electron chi connectivity index (χ1n) is 12.0. The van der Waals surface area contributed by atoms with Crippen LogP contribution < -0.4 is 0 Å². The quantitative estimate of drug-likeness (QED) is 0.233. The van der Waals surface area contributed by atoms with Gasteiger partial charge in [-0.1, -0.05) is 84.9 Å². The summed E-state index contributed by atoms with van der Waals surface area (Å²) in [4.78, 5) is 0. The zero-order valence-electron chi connectivity index (χ0n) is 19.2. The first-order chi connectivity index (χ1) is 17.8. The van der Waals surface area contributed by atoms with Gasteiger partial charge in [0, 0.05) is 30.9 Å². The zero-order chi connectivity index (χ0) is 23.6. The maximum absolute atomic E-state index is 4.38.